The van der Waals surface area contributed by atoms with Crippen molar-refractivity contribution in [3.8, 4) is 0 Å². The van der Waals surface area contributed by atoms with Crippen molar-refractivity contribution in [2.75, 3.05) is 20.3 Å². The second kappa shape index (κ2) is 6.48. The van der Waals surface area contributed by atoms with Crippen LogP contribution in [-0.4, -0.2) is 34.7 Å². The van der Waals surface area contributed by atoms with Gasteiger partial charge in [0.05, 0.1) is 17.9 Å². The number of hydrogen-bond acceptors (Lipinski definition) is 5. The molecule has 6 nitrogen and oxygen atoms in total. The van der Waals surface area contributed by atoms with Crippen molar-refractivity contribution in [1.29, 1.82) is 0 Å². The fourth-order valence-corrected chi connectivity index (χ4v) is 2.04. The summed E-state index contributed by atoms with van der Waals surface area (Å²) < 4.78 is 31.8. The standard InChI is InChI=1S/C11H15NO5S/c1-16-6-7-17-11(13)10-5-3-2-4-9(10)8-18(12,14)15/h2-5H,6-8H2,1H3,(H2,12,14,15). The fourth-order valence-electron chi connectivity index (χ4n) is 1.36. The molecule has 0 aliphatic heterocycles. The number of hydrogen-bond donors (Lipinski definition) is 1. The summed E-state index contributed by atoms with van der Waals surface area (Å²) >= 11 is 0. The Morgan fingerprint density at radius 3 is 2.56 bits per heavy atom. The lowest BCUT2D eigenvalue weighted by molar-refractivity contribution is 0.0387. The van der Waals surface area contributed by atoms with Gasteiger partial charge in [-0.1, -0.05) is 18.2 Å². The summed E-state index contributed by atoms with van der Waals surface area (Å²) in [5, 5.41) is 4.96. The smallest absolute Gasteiger partial charge is 0.338 e. The van der Waals surface area contributed by atoms with Gasteiger partial charge in [-0.3, -0.25) is 0 Å². The number of methoxy groups -OCH3 is 1. The van der Waals surface area contributed by atoms with E-state index >= 15 is 0 Å². The molecule has 0 radical (unpaired) electrons. The molecule has 1 aromatic carbocycles. The Bertz CT molecular complexity index is 512. The van der Waals surface area contributed by atoms with Crippen LogP contribution >= 0.6 is 0 Å². The molecule has 0 fully saturated rings. The Morgan fingerprint density at radius 2 is 1.94 bits per heavy atom. The lowest BCUT2D eigenvalue weighted by Gasteiger charge is -2.08. The van der Waals surface area contributed by atoms with Crippen molar-refractivity contribution in [3.63, 3.8) is 0 Å². The summed E-state index contributed by atoms with van der Waals surface area (Å²) in [5.41, 5.74) is 0.519. The van der Waals surface area contributed by atoms with Gasteiger partial charge < -0.3 is 9.47 Å². The van der Waals surface area contributed by atoms with Crippen LogP contribution in [0, 0.1) is 0 Å². The Morgan fingerprint density at radius 1 is 1.28 bits per heavy atom. The average Bonchev–Trinajstić information content (AvgIpc) is 2.27. The number of nitrogens with two attached hydrogens (primary N) is 1. The van der Waals surface area contributed by atoms with Gasteiger partial charge >= 0.3 is 5.97 Å². The highest BCUT2D eigenvalue weighted by atomic mass is 32.2. The van der Waals surface area contributed by atoms with E-state index in [1.165, 1.54) is 19.2 Å². The van der Waals surface area contributed by atoms with Gasteiger partial charge in [0.2, 0.25) is 10.0 Å². The summed E-state index contributed by atoms with van der Waals surface area (Å²) in [6.07, 6.45) is 0. The molecule has 0 aliphatic rings. The van der Waals surface area contributed by atoms with Crippen LogP contribution in [0.2, 0.25) is 0 Å². The lowest BCUT2D eigenvalue weighted by atomic mass is 10.1. The number of carbonyl (C=O) groups excluding carboxylic acids is 1. The first-order valence-corrected chi connectivity index (χ1v) is 6.90. The number of carbonyl (C=O) groups is 1. The lowest BCUT2D eigenvalue weighted by Crippen LogP contribution is -2.18. The van der Waals surface area contributed by atoms with Crippen LogP contribution < -0.4 is 5.14 Å². The number of rotatable bonds is 6. The van der Waals surface area contributed by atoms with E-state index in [0.717, 1.165) is 0 Å². The highest BCUT2D eigenvalue weighted by Crippen LogP contribution is 2.12. The van der Waals surface area contributed by atoms with E-state index in [2.05, 4.69) is 0 Å². The first-order chi connectivity index (χ1) is 8.44. The zero-order valence-electron chi connectivity index (χ0n) is 9.96. The SMILES string of the molecule is COCCOC(=O)c1ccccc1CS(N)(=O)=O. The molecule has 0 heterocycles. The molecule has 0 aliphatic carbocycles. The van der Waals surface area contributed by atoms with E-state index in [-0.39, 0.29) is 18.8 Å². The molecule has 0 bridgehead atoms. The van der Waals surface area contributed by atoms with E-state index in [1.807, 2.05) is 0 Å². The highest BCUT2D eigenvalue weighted by molar-refractivity contribution is 7.88. The Kier molecular flexibility index (Phi) is 5.26. The summed E-state index contributed by atoms with van der Waals surface area (Å²) in [5.74, 6) is -0.992. The topological polar surface area (TPSA) is 95.7 Å². The Hall–Kier alpha value is -1.44. The highest BCUT2D eigenvalue weighted by Gasteiger charge is 2.15. The van der Waals surface area contributed by atoms with Crippen molar-refractivity contribution < 1.29 is 22.7 Å². The first-order valence-electron chi connectivity index (χ1n) is 5.18. The minimum atomic E-state index is -3.69. The predicted octanol–water partition coefficient (Wildman–Crippen LogP) is 0.278. The normalized spacial score (nSPS) is 11.2. The molecule has 0 unspecified atom stereocenters. The molecular weight excluding hydrogens is 258 g/mol. The van der Waals surface area contributed by atoms with E-state index in [1.54, 1.807) is 12.1 Å². The molecule has 0 atom stereocenters. The van der Waals surface area contributed by atoms with Crippen LogP contribution in [0.5, 0.6) is 0 Å². The van der Waals surface area contributed by atoms with E-state index in [9.17, 15) is 13.2 Å². The number of ether oxygens (including phenoxy) is 2. The summed E-state index contributed by atoms with van der Waals surface area (Å²) in [7, 11) is -2.20. The maximum absolute atomic E-state index is 11.7. The van der Waals surface area contributed by atoms with Gasteiger partial charge in [0, 0.05) is 7.11 Å². The number of primary sulfonamides is 1. The molecule has 2 N–H and O–H groups in total. The van der Waals surface area contributed by atoms with Crippen molar-refractivity contribution in [3.05, 3.63) is 35.4 Å². The molecule has 0 amide bonds. The van der Waals surface area contributed by atoms with Crippen LogP contribution in [0.1, 0.15) is 15.9 Å². The zero-order valence-corrected chi connectivity index (χ0v) is 10.8. The van der Waals surface area contributed by atoms with Gasteiger partial charge in [-0.25, -0.2) is 18.4 Å². The Labute approximate surface area is 106 Å². The van der Waals surface area contributed by atoms with Crippen LogP contribution in [-0.2, 0) is 25.2 Å². The maximum atomic E-state index is 11.7. The van der Waals surface area contributed by atoms with E-state index in [4.69, 9.17) is 14.6 Å². The van der Waals surface area contributed by atoms with Crippen LogP contribution in [0.25, 0.3) is 0 Å². The van der Waals surface area contributed by atoms with Gasteiger partial charge in [-0.05, 0) is 11.6 Å². The van der Waals surface area contributed by atoms with Gasteiger partial charge in [0.15, 0.2) is 0 Å². The van der Waals surface area contributed by atoms with Crippen LogP contribution in [0.4, 0.5) is 0 Å². The molecule has 7 heteroatoms. The predicted molar refractivity (Wildman–Crippen MR) is 65.4 cm³/mol. The third kappa shape index (κ3) is 4.82. The minimum Gasteiger partial charge on any atom is -0.460 e. The molecular formula is C11H15NO5S. The van der Waals surface area contributed by atoms with Crippen molar-refractivity contribution in [2.45, 2.75) is 5.75 Å². The molecule has 18 heavy (non-hydrogen) atoms. The molecule has 0 saturated heterocycles. The molecule has 0 saturated carbocycles. The van der Waals surface area contributed by atoms with Gasteiger partial charge in [-0.15, -0.1) is 0 Å². The van der Waals surface area contributed by atoms with Crippen LogP contribution in [0.15, 0.2) is 24.3 Å². The summed E-state index contributed by atoms with van der Waals surface area (Å²) in [6, 6.07) is 6.28. The second-order valence-electron chi connectivity index (χ2n) is 3.59. The Balaban J connectivity index is 2.84. The quantitative estimate of drug-likeness (QED) is 0.593. The molecule has 1 rings (SSSR count). The van der Waals surface area contributed by atoms with Crippen molar-refractivity contribution in [1.82, 2.24) is 0 Å². The van der Waals surface area contributed by atoms with E-state index in [0.29, 0.717) is 5.56 Å². The third-order valence-electron chi connectivity index (χ3n) is 2.11. The van der Waals surface area contributed by atoms with Crippen molar-refractivity contribution in [2.24, 2.45) is 5.14 Å². The number of esters is 1. The summed E-state index contributed by atoms with van der Waals surface area (Å²) in [4.78, 5) is 11.7. The first kappa shape index (κ1) is 14.6. The molecule has 0 spiro atoms. The maximum Gasteiger partial charge on any atom is 0.338 e. The molecule has 100 valence electrons. The van der Waals surface area contributed by atoms with E-state index < -0.39 is 21.7 Å². The fraction of sp³-hybridized carbons (Fsp3) is 0.364. The monoisotopic (exact) mass is 273 g/mol. The second-order valence-corrected chi connectivity index (χ2v) is 5.21. The molecule has 0 aromatic heterocycles. The minimum absolute atomic E-state index is 0.110. The average molecular weight is 273 g/mol. The van der Waals surface area contributed by atoms with Gasteiger partial charge in [-0.2, -0.15) is 0 Å². The largest absolute Gasteiger partial charge is 0.460 e. The third-order valence-corrected chi connectivity index (χ3v) is 2.83. The number of benzene rings is 1. The number of sulfonamides is 1. The summed E-state index contributed by atoms with van der Waals surface area (Å²) in [6.45, 7) is 0.391. The zero-order chi connectivity index (χ0) is 13.6. The van der Waals surface area contributed by atoms with Crippen LogP contribution in [0.3, 0.4) is 0 Å². The van der Waals surface area contributed by atoms with Gasteiger partial charge in [0.25, 0.3) is 0 Å². The van der Waals surface area contributed by atoms with Gasteiger partial charge in [0.1, 0.15) is 6.61 Å². The molecule has 1 aromatic rings. The van der Waals surface area contributed by atoms with Crippen molar-refractivity contribution >= 4 is 16.0 Å².